The lowest BCUT2D eigenvalue weighted by atomic mass is 10.1. The van der Waals surface area contributed by atoms with Crippen LogP contribution in [0.2, 0.25) is 0 Å². The molecule has 6 heteroatoms. The molecule has 0 aliphatic rings. The van der Waals surface area contributed by atoms with Crippen molar-refractivity contribution in [2.75, 3.05) is 39.5 Å². The fourth-order valence-corrected chi connectivity index (χ4v) is 2.32. The molecule has 0 saturated carbocycles. The summed E-state index contributed by atoms with van der Waals surface area (Å²) in [6, 6.07) is 0. The first-order chi connectivity index (χ1) is 7.71. The van der Waals surface area contributed by atoms with Crippen molar-refractivity contribution >= 4 is 10.0 Å². The van der Waals surface area contributed by atoms with Gasteiger partial charge in [-0.05, 0) is 47.5 Å². The van der Waals surface area contributed by atoms with E-state index in [1.165, 1.54) is 0 Å². The topological polar surface area (TPSA) is 61.4 Å². The average molecular weight is 265 g/mol. The van der Waals surface area contributed by atoms with Gasteiger partial charge >= 0.3 is 0 Å². The van der Waals surface area contributed by atoms with Crippen LogP contribution in [-0.4, -0.2) is 58.3 Å². The van der Waals surface area contributed by atoms with E-state index in [1.54, 1.807) is 0 Å². The summed E-state index contributed by atoms with van der Waals surface area (Å²) in [5.74, 6) is 0.184. The van der Waals surface area contributed by atoms with Crippen LogP contribution < -0.4 is 10.0 Å². The lowest BCUT2D eigenvalue weighted by Crippen LogP contribution is -2.48. The van der Waals surface area contributed by atoms with Crippen molar-refractivity contribution in [3.05, 3.63) is 0 Å². The first-order valence-electron chi connectivity index (χ1n) is 6.07. The van der Waals surface area contributed by atoms with E-state index in [-0.39, 0.29) is 11.3 Å². The Morgan fingerprint density at radius 2 is 1.82 bits per heavy atom. The normalized spacial score (nSPS) is 13.3. The van der Waals surface area contributed by atoms with E-state index in [9.17, 15) is 8.42 Å². The van der Waals surface area contributed by atoms with E-state index in [1.807, 2.05) is 39.8 Å². The molecule has 0 spiro atoms. The third-order valence-corrected chi connectivity index (χ3v) is 4.36. The third-order valence-electron chi connectivity index (χ3n) is 2.95. The highest BCUT2D eigenvalue weighted by molar-refractivity contribution is 7.89. The highest BCUT2D eigenvalue weighted by Gasteiger charge is 2.22. The third kappa shape index (κ3) is 7.70. The molecule has 5 nitrogen and oxygen atoms in total. The van der Waals surface area contributed by atoms with E-state index < -0.39 is 10.0 Å². The van der Waals surface area contributed by atoms with Gasteiger partial charge in [-0.2, -0.15) is 0 Å². The Kier molecular flexibility index (Phi) is 7.23. The van der Waals surface area contributed by atoms with Crippen molar-refractivity contribution in [3.63, 3.8) is 0 Å². The van der Waals surface area contributed by atoms with Gasteiger partial charge in [-0.25, -0.2) is 13.1 Å². The summed E-state index contributed by atoms with van der Waals surface area (Å²) < 4.78 is 26.1. The van der Waals surface area contributed by atoms with Crippen molar-refractivity contribution in [2.45, 2.75) is 32.7 Å². The Morgan fingerprint density at radius 3 is 2.29 bits per heavy atom. The van der Waals surface area contributed by atoms with Gasteiger partial charge < -0.3 is 10.2 Å². The fraction of sp³-hybridized carbons (Fsp3) is 1.00. The molecule has 0 bridgehead atoms. The van der Waals surface area contributed by atoms with Crippen LogP contribution >= 0.6 is 0 Å². The van der Waals surface area contributed by atoms with Gasteiger partial charge in [-0.1, -0.05) is 6.92 Å². The molecule has 0 saturated heterocycles. The molecule has 0 unspecified atom stereocenters. The van der Waals surface area contributed by atoms with Crippen LogP contribution in [-0.2, 0) is 10.0 Å². The minimum absolute atomic E-state index is 0.172. The van der Waals surface area contributed by atoms with Gasteiger partial charge in [0.1, 0.15) is 0 Å². The largest absolute Gasteiger partial charge is 0.317 e. The Labute approximate surface area is 106 Å². The molecule has 0 heterocycles. The lowest BCUT2D eigenvalue weighted by Gasteiger charge is -2.32. The maximum atomic E-state index is 11.7. The minimum Gasteiger partial charge on any atom is -0.317 e. The molecular formula is C11H27N3O2S. The van der Waals surface area contributed by atoms with Crippen LogP contribution in [0.4, 0.5) is 0 Å². The Hall–Kier alpha value is -0.170. The van der Waals surface area contributed by atoms with E-state index in [0.29, 0.717) is 13.0 Å². The summed E-state index contributed by atoms with van der Waals surface area (Å²) in [5.41, 5.74) is -0.172. The number of nitrogens with one attached hydrogen (secondary N) is 2. The predicted octanol–water partition coefficient (Wildman–Crippen LogP) is 0.246. The van der Waals surface area contributed by atoms with Crippen LogP contribution in [0.25, 0.3) is 0 Å². The minimum atomic E-state index is -3.15. The van der Waals surface area contributed by atoms with Crippen LogP contribution in [0.5, 0.6) is 0 Å². The Bertz CT molecular complexity index is 300. The van der Waals surface area contributed by atoms with Crippen LogP contribution in [0.3, 0.4) is 0 Å². The summed E-state index contributed by atoms with van der Waals surface area (Å²) in [5, 5.41) is 3.11. The van der Waals surface area contributed by atoms with Gasteiger partial charge in [0.15, 0.2) is 0 Å². The van der Waals surface area contributed by atoms with Crippen molar-refractivity contribution in [1.29, 1.82) is 0 Å². The maximum absolute atomic E-state index is 11.7. The quantitative estimate of drug-likeness (QED) is 0.587. The molecule has 0 rings (SSSR count). The highest BCUT2D eigenvalue weighted by Crippen LogP contribution is 2.08. The number of likely N-dealkylation sites (N-methyl/N-ethyl adjacent to an activating group) is 1. The van der Waals surface area contributed by atoms with Crippen molar-refractivity contribution in [2.24, 2.45) is 0 Å². The molecule has 17 heavy (non-hydrogen) atoms. The summed E-state index contributed by atoms with van der Waals surface area (Å²) in [6.45, 7) is 8.08. The van der Waals surface area contributed by atoms with E-state index in [2.05, 4.69) is 10.0 Å². The van der Waals surface area contributed by atoms with Crippen LogP contribution in [0, 0.1) is 0 Å². The molecule has 0 amide bonds. The van der Waals surface area contributed by atoms with E-state index in [0.717, 1.165) is 13.1 Å². The monoisotopic (exact) mass is 265 g/mol. The number of nitrogens with zero attached hydrogens (tertiary/aromatic N) is 1. The second-order valence-electron chi connectivity index (χ2n) is 5.05. The molecule has 0 aromatic carbocycles. The zero-order valence-corrected chi connectivity index (χ0v) is 12.5. The molecule has 104 valence electrons. The van der Waals surface area contributed by atoms with Crippen molar-refractivity contribution in [1.82, 2.24) is 14.9 Å². The predicted molar refractivity (Wildman–Crippen MR) is 72.7 cm³/mol. The maximum Gasteiger partial charge on any atom is 0.211 e. The Balaban J connectivity index is 4.02. The second kappa shape index (κ2) is 7.31. The summed E-state index contributed by atoms with van der Waals surface area (Å²) in [7, 11) is 0.742. The molecule has 0 fully saturated rings. The second-order valence-corrected chi connectivity index (χ2v) is 6.98. The SMILES string of the molecule is CCNCCCS(=O)(=O)NCC(C)(C)N(C)C. The molecule has 2 N–H and O–H groups in total. The van der Waals surface area contributed by atoms with Crippen molar-refractivity contribution in [3.8, 4) is 0 Å². The summed E-state index contributed by atoms with van der Waals surface area (Å²) >= 11 is 0. The van der Waals surface area contributed by atoms with Crippen LogP contribution in [0.15, 0.2) is 0 Å². The molecule has 0 aromatic rings. The molecule has 0 atom stereocenters. The molecule has 0 aliphatic heterocycles. The number of hydrogen-bond acceptors (Lipinski definition) is 4. The number of hydrogen-bond donors (Lipinski definition) is 2. The van der Waals surface area contributed by atoms with E-state index >= 15 is 0 Å². The zero-order valence-electron chi connectivity index (χ0n) is 11.7. The van der Waals surface area contributed by atoms with Gasteiger partial charge in [-0.3, -0.25) is 0 Å². The smallest absolute Gasteiger partial charge is 0.211 e. The molecule has 0 aromatic heterocycles. The summed E-state index contributed by atoms with van der Waals surface area (Å²) in [6.07, 6.45) is 0.644. The molecular weight excluding hydrogens is 238 g/mol. The number of sulfonamides is 1. The molecule has 0 radical (unpaired) electrons. The van der Waals surface area contributed by atoms with E-state index in [4.69, 9.17) is 0 Å². The molecule has 0 aliphatic carbocycles. The highest BCUT2D eigenvalue weighted by atomic mass is 32.2. The first kappa shape index (κ1) is 16.8. The standard InChI is InChI=1S/C11H27N3O2S/c1-6-12-8-7-9-17(15,16)13-10-11(2,3)14(4)5/h12-13H,6-10H2,1-5H3. The fourth-order valence-electron chi connectivity index (χ4n) is 1.08. The lowest BCUT2D eigenvalue weighted by molar-refractivity contribution is 0.199. The van der Waals surface area contributed by atoms with Gasteiger partial charge in [0.25, 0.3) is 0 Å². The summed E-state index contributed by atoms with van der Waals surface area (Å²) in [4.78, 5) is 2.01. The van der Waals surface area contributed by atoms with Gasteiger partial charge in [-0.15, -0.1) is 0 Å². The number of rotatable bonds is 9. The van der Waals surface area contributed by atoms with Gasteiger partial charge in [0, 0.05) is 12.1 Å². The zero-order chi connectivity index (χ0) is 13.5. The Morgan fingerprint density at radius 1 is 1.24 bits per heavy atom. The van der Waals surface area contributed by atoms with Gasteiger partial charge in [0.2, 0.25) is 10.0 Å². The van der Waals surface area contributed by atoms with Crippen molar-refractivity contribution < 1.29 is 8.42 Å². The first-order valence-corrected chi connectivity index (χ1v) is 7.72. The van der Waals surface area contributed by atoms with Gasteiger partial charge in [0.05, 0.1) is 5.75 Å². The average Bonchev–Trinajstić information content (AvgIpc) is 2.22. The van der Waals surface area contributed by atoms with Crippen LogP contribution in [0.1, 0.15) is 27.2 Å².